The minimum Gasteiger partial charge on any atom is -0.497 e. The molecule has 3 aromatic rings. The van der Waals surface area contributed by atoms with Crippen molar-refractivity contribution >= 4 is 16.7 Å². The van der Waals surface area contributed by atoms with E-state index in [1.807, 2.05) is 36.4 Å². The summed E-state index contributed by atoms with van der Waals surface area (Å²) < 4.78 is 10.4. The quantitative estimate of drug-likeness (QED) is 0.704. The maximum atomic E-state index is 12.6. The van der Waals surface area contributed by atoms with Crippen molar-refractivity contribution in [2.24, 2.45) is 0 Å². The molecule has 0 spiro atoms. The summed E-state index contributed by atoms with van der Waals surface area (Å²) in [5, 5.41) is 2.24. The van der Waals surface area contributed by atoms with Gasteiger partial charge in [-0.05, 0) is 52.7 Å². The molecule has 25 heavy (non-hydrogen) atoms. The fraction of sp³-hybridized carbons (Fsp3) is 0.190. The first kappa shape index (κ1) is 16.8. The Labute approximate surface area is 147 Å². The van der Waals surface area contributed by atoms with Gasteiger partial charge >= 0.3 is 0 Å². The molecule has 3 aromatic carbocycles. The second-order valence-electron chi connectivity index (χ2n) is 5.94. The first-order chi connectivity index (χ1) is 12.1. The zero-order chi connectivity index (χ0) is 17.8. The summed E-state index contributed by atoms with van der Waals surface area (Å²) in [6.07, 6.45) is 0. The van der Waals surface area contributed by atoms with Crippen LogP contribution in [0, 0.1) is 0 Å². The molecule has 0 saturated heterocycles. The smallest absolute Gasteiger partial charge is 0.254 e. The topological polar surface area (TPSA) is 38.8 Å². The number of amides is 1. The maximum Gasteiger partial charge on any atom is 0.254 e. The molecule has 0 aliphatic heterocycles. The maximum absolute atomic E-state index is 12.6. The van der Waals surface area contributed by atoms with E-state index in [2.05, 4.69) is 12.1 Å². The van der Waals surface area contributed by atoms with E-state index in [4.69, 9.17) is 9.47 Å². The molecule has 3 rings (SSSR count). The van der Waals surface area contributed by atoms with E-state index >= 15 is 0 Å². The van der Waals surface area contributed by atoms with E-state index in [0.717, 1.165) is 22.1 Å². The number of carbonyl (C=O) groups is 1. The van der Waals surface area contributed by atoms with Crippen LogP contribution in [0.1, 0.15) is 15.9 Å². The summed E-state index contributed by atoms with van der Waals surface area (Å²) in [7, 11) is 5.06. The highest BCUT2D eigenvalue weighted by atomic mass is 16.5. The van der Waals surface area contributed by atoms with Crippen LogP contribution in [-0.4, -0.2) is 32.1 Å². The highest BCUT2D eigenvalue weighted by Gasteiger charge is 2.13. The van der Waals surface area contributed by atoms with Gasteiger partial charge in [-0.25, -0.2) is 0 Å². The third kappa shape index (κ3) is 3.74. The molecule has 0 N–H and O–H groups in total. The van der Waals surface area contributed by atoms with Crippen LogP contribution in [0.25, 0.3) is 10.8 Å². The number of nitrogens with zero attached hydrogens (tertiary/aromatic N) is 1. The van der Waals surface area contributed by atoms with Crippen molar-refractivity contribution in [3.05, 3.63) is 71.8 Å². The van der Waals surface area contributed by atoms with Gasteiger partial charge in [0.15, 0.2) is 0 Å². The van der Waals surface area contributed by atoms with E-state index < -0.39 is 0 Å². The number of hydrogen-bond donors (Lipinski definition) is 0. The van der Waals surface area contributed by atoms with Crippen molar-refractivity contribution in [1.82, 2.24) is 4.90 Å². The monoisotopic (exact) mass is 335 g/mol. The van der Waals surface area contributed by atoms with Crippen LogP contribution in [0.2, 0.25) is 0 Å². The zero-order valence-corrected chi connectivity index (χ0v) is 14.7. The first-order valence-corrected chi connectivity index (χ1v) is 8.07. The molecular formula is C21H21NO3. The molecular weight excluding hydrogens is 314 g/mol. The molecule has 0 heterocycles. The van der Waals surface area contributed by atoms with Gasteiger partial charge < -0.3 is 14.4 Å². The lowest BCUT2D eigenvalue weighted by Crippen LogP contribution is -2.26. The third-order valence-corrected chi connectivity index (χ3v) is 4.19. The Hall–Kier alpha value is -3.01. The lowest BCUT2D eigenvalue weighted by molar-refractivity contribution is 0.0785. The predicted molar refractivity (Wildman–Crippen MR) is 99.3 cm³/mol. The number of methoxy groups -OCH3 is 2. The second kappa shape index (κ2) is 7.26. The van der Waals surface area contributed by atoms with Crippen molar-refractivity contribution in [2.45, 2.75) is 6.54 Å². The summed E-state index contributed by atoms with van der Waals surface area (Å²) in [4.78, 5) is 14.3. The average Bonchev–Trinajstić information content (AvgIpc) is 2.66. The van der Waals surface area contributed by atoms with Crippen molar-refractivity contribution in [3.8, 4) is 11.5 Å². The van der Waals surface area contributed by atoms with E-state index in [1.165, 1.54) is 0 Å². The Bertz CT molecular complexity index is 905. The van der Waals surface area contributed by atoms with E-state index in [1.54, 1.807) is 38.3 Å². The summed E-state index contributed by atoms with van der Waals surface area (Å²) in [5.74, 6) is 1.48. The number of rotatable bonds is 5. The molecule has 0 aliphatic carbocycles. The van der Waals surface area contributed by atoms with Crippen LogP contribution in [0.5, 0.6) is 11.5 Å². The standard InChI is InChI=1S/C21H21NO3/c1-22(21(23)18-5-4-6-19(13-18)24-2)14-15-7-8-17-12-20(25-3)10-9-16(17)11-15/h4-13H,14H2,1-3H3. The normalized spacial score (nSPS) is 10.5. The molecule has 0 saturated carbocycles. The van der Waals surface area contributed by atoms with Crippen molar-refractivity contribution in [1.29, 1.82) is 0 Å². The van der Waals surface area contributed by atoms with Gasteiger partial charge in [0.2, 0.25) is 0 Å². The second-order valence-corrected chi connectivity index (χ2v) is 5.94. The molecule has 0 bridgehead atoms. The fourth-order valence-electron chi connectivity index (χ4n) is 2.82. The third-order valence-electron chi connectivity index (χ3n) is 4.19. The van der Waals surface area contributed by atoms with Gasteiger partial charge in [0.05, 0.1) is 14.2 Å². The fourth-order valence-corrected chi connectivity index (χ4v) is 2.82. The molecule has 4 heteroatoms. The van der Waals surface area contributed by atoms with Gasteiger partial charge in [-0.2, -0.15) is 0 Å². The molecule has 0 atom stereocenters. The lowest BCUT2D eigenvalue weighted by Gasteiger charge is -2.18. The summed E-state index contributed by atoms with van der Waals surface area (Å²) in [5.41, 5.74) is 1.70. The highest BCUT2D eigenvalue weighted by Crippen LogP contribution is 2.23. The molecule has 128 valence electrons. The number of fused-ring (bicyclic) bond motifs is 1. The van der Waals surface area contributed by atoms with Crippen LogP contribution in [0.4, 0.5) is 0 Å². The predicted octanol–water partition coefficient (Wildman–Crippen LogP) is 4.13. The molecule has 0 aromatic heterocycles. The number of hydrogen-bond acceptors (Lipinski definition) is 3. The van der Waals surface area contributed by atoms with Crippen molar-refractivity contribution in [3.63, 3.8) is 0 Å². The largest absolute Gasteiger partial charge is 0.497 e. The molecule has 1 amide bonds. The Morgan fingerprint density at radius 1 is 0.880 bits per heavy atom. The Balaban J connectivity index is 1.78. The summed E-state index contributed by atoms with van der Waals surface area (Å²) in [6.45, 7) is 0.540. The Kier molecular flexibility index (Phi) is 4.89. The van der Waals surface area contributed by atoms with Gasteiger partial charge in [0.1, 0.15) is 11.5 Å². The lowest BCUT2D eigenvalue weighted by atomic mass is 10.1. The van der Waals surface area contributed by atoms with Gasteiger partial charge in [-0.1, -0.05) is 24.3 Å². The molecule has 0 unspecified atom stereocenters. The number of carbonyl (C=O) groups excluding carboxylic acids is 1. The Morgan fingerprint density at radius 2 is 1.56 bits per heavy atom. The van der Waals surface area contributed by atoms with Gasteiger partial charge in [0, 0.05) is 19.2 Å². The summed E-state index contributed by atoms with van der Waals surface area (Å²) >= 11 is 0. The minimum absolute atomic E-state index is 0.0336. The molecule has 0 radical (unpaired) electrons. The minimum atomic E-state index is -0.0336. The van der Waals surface area contributed by atoms with Crippen LogP contribution < -0.4 is 9.47 Å². The van der Waals surface area contributed by atoms with Gasteiger partial charge in [0.25, 0.3) is 5.91 Å². The molecule has 0 fully saturated rings. The van der Waals surface area contributed by atoms with Crippen LogP contribution >= 0.6 is 0 Å². The van der Waals surface area contributed by atoms with Gasteiger partial charge in [-0.3, -0.25) is 4.79 Å². The van der Waals surface area contributed by atoms with Gasteiger partial charge in [-0.15, -0.1) is 0 Å². The Morgan fingerprint density at radius 3 is 2.32 bits per heavy atom. The first-order valence-electron chi connectivity index (χ1n) is 8.07. The van der Waals surface area contributed by atoms with Crippen LogP contribution in [0.3, 0.4) is 0 Å². The highest BCUT2D eigenvalue weighted by molar-refractivity contribution is 5.94. The van der Waals surface area contributed by atoms with Crippen LogP contribution in [0.15, 0.2) is 60.7 Å². The number of benzene rings is 3. The SMILES string of the molecule is COc1cccc(C(=O)N(C)Cc2ccc3cc(OC)ccc3c2)c1. The average molecular weight is 335 g/mol. The zero-order valence-electron chi connectivity index (χ0n) is 14.7. The number of ether oxygens (including phenoxy) is 2. The van der Waals surface area contributed by atoms with Crippen molar-refractivity contribution < 1.29 is 14.3 Å². The van der Waals surface area contributed by atoms with E-state index in [9.17, 15) is 4.79 Å². The summed E-state index contributed by atoms with van der Waals surface area (Å²) in [6, 6.07) is 19.4. The van der Waals surface area contributed by atoms with E-state index in [-0.39, 0.29) is 5.91 Å². The molecule has 4 nitrogen and oxygen atoms in total. The van der Waals surface area contributed by atoms with E-state index in [0.29, 0.717) is 17.9 Å². The van der Waals surface area contributed by atoms with Crippen LogP contribution in [-0.2, 0) is 6.54 Å². The molecule has 0 aliphatic rings. The van der Waals surface area contributed by atoms with Crippen molar-refractivity contribution in [2.75, 3.05) is 21.3 Å².